The van der Waals surface area contributed by atoms with Crippen molar-refractivity contribution in [3.05, 3.63) is 96.2 Å². The maximum absolute atomic E-state index is 13.2. The number of benzene rings is 3. The molecule has 0 aliphatic heterocycles. The van der Waals surface area contributed by atoms with Gasteiger partial charge in [0.25, 0.3) is 5.91 Å². The fraction of sp³-hybridized carbons (Fsp3) is 0.179. The second kappa shape index (κ2) is 11.2. The van der Waals surface area contributed by atoms with Gasteiger partial charge in [0.05, 0.1) is 26.5 Å². The summed E-state index contributed by atoms with van der Waals surface area (Å²) in [6.07, 6.45) is 0.577. The molecule has 0 aliphatic carbocycles. The molecule has 184 valence electrons. The lowest BCUT2D eigenvalue weighted by Crippen LogP contribution is -2.30. The quantitative estimate of drug-likeness (QED) is 0.343. The molecule has 0 saturated heterocycles. The van der Waals surface area contributed by atoms with Crippen LogP contribution in [0.25, 0.3) is 11.3 Å². The topological polar surface area (TPSA) is 91.7 Å². The standard InChI is InChI=1S/C28H27N3O5/c1-19(27(32)29-24-14-7-8-15-25(24)35-3)36-28(33)23-18-31(17-20-10-5-4-6-11-20)30-26(23)21-12-9-13-22(16-21)34-2/h4-16,18-19H,17H2,1-3H3,(H,29,32). The molecule has 0 aliphatic rings. The van der Waals surface area contributed by atoms with Gasteiger partial charge in [-0.1, -0.05) is 54.6 Å². The van der Waals surface area contributed by atoms with Gasteiger partial charge in [-0.25, -0.2) is 4.79 Å². The maximum atomic E-state index is 13.2. The Morgan fingerprint density at radius 2 is 1.69 bits per heavy atom. The predicted molar refractivity (Wildman–Crippen MR) is 136 cm³/mol. The molecular formula is C28H27N3O5. The molecule has 8 heteroatoms. The van der Waals surface area contributed by atoms with Gasteiger partial charge in [-0.3, -0.25) is 9.48 Å². The van der Waals surface area contributed by atoms with Crippen LogP contribution in [0.2, 0.25) is 0 Å². The number of para-hydroxylation sites is 2. The maximum Gasteiger partial charge on any atom is 0.342 e. The summed E-state index contributed by atoms with van der Waals surface area (Å²) in [6.45, 7) is 1.98. The number of hydrogen-bond donors (Lipinski definition) is 1. The van der Waals surface area contributed by atoms with Crippen molar-refractivity contribution in [3.63, 3.8) is 0 Å². The van der Waals surface area contributed by atoms with Crippen LogP contribution < -0.4 is 14.8 Å². The van der Waals surface area contributed by atoms with E-state index in [0.717, 1.165) is 5.56 Å². The molecule has 0 fully saturated rings. The number of nitrogens with zero attached hydrogens (tertiary/aromatic N) is 2. The third kappa shape index (κ3) is 5.72. The zero-order valence-corrected chi connectivity index (χ0v) is 20.3. The molecular weight excluding hydrogens is 458 g/mol. The largest absolute Gasteiger partial charge is 0.497 e. The molecule has 0 bridgehead atoms. The van der Waals surface area contributed by atoms with Crippen molar-refractivity contribution in [1.82, 2.24) is 9.78 Å². The highest BCUT2D eigenvalue weighted by Gasteiger charge is 2.25. The number of aromatic nitrogens is 2. The average molecular weight is 486 g/mol. The van der Waals surface area contributed by atoms with Gasteiger partial charge in [-0.2, -0.15) is 5.10 Å². The lowest BCUT2D eigenvalue weighted by atomic mass is 10.1. The molecule has 4 rings (SSSR count). The molecule has 1 unspecified atom stereocenters. The van der Waals surface area contributed by atoms with Crippen molar-refractivity contribution < 1.29 is 23.8 Å². The normalized spacial score (nSPS) is 11.4. The number of methoxy groups -OCH3 is 2. The van der Waals surface area contributed by atoms with Crippen molar-refractivity contribution in [2.45, 2.75) is 19.6 Å². The van der Waals surface area contributed by atoms with Gasteiger partial charge in [0, 0.05) is 11.8 Å². The summed E-state index contributed by atoms with van der Waals surface area (Å²) in [7, 11) is 3.09. The highest BCUT2D eigenvalue weighted by Crippen LogP contribution is 2.27. The zero-order chi connectivity index (χ0) is 25.5. The van der Waals surface area contributed by atoms with E-state index >= 15 is 0 Å². The molecule has 8 nitrogen and oxygen atoms in total. The Morgan fingerprint density at radius 1 is 0.944 bits per heavy atom. The number of ether oxygens (including phenoxy) is 3. The monoisotopic (exact) mass is 485 g/mol. The summed E-state index contributed by atoms with van der Waals surface area (Å²) in [5, 5.41) is 7.40. The first-order chi connectivity index (χ1) is 17.5. The van der Waals surface area contributed by atoms with Crippen LogP contribution in [0.3, 0.4) is 0 Å². The van der Waals surface area contributed by atoms with Crippen LogP contribution in [0.15, 0.2) is 85.1 Å². The van der Waals surface area contributed by atoms with Gasteiger partial charge in [-0.05, 0) is 36.8 Å². The number of carbonyl (C=O) groups excluding carboxylic acids is 2. The van der Waals surface area contributed by atoms with Crippen LogP contribution in [0.1, 0.15) is 22.8 Å². The fourth-order valence-electron chi connectivity index (χ4n) is 3.67. The van der Waals surface area contributed by atoms with Gasteiger partial charge in [0.1, 0.15) is 22.8 Å². The highest BCUT2D eigenvalue weighted by atomic mass is 16.5. The summed E-state index contributed by atoms with van der Waals surface area (Å²) in [6, 6.07) is 24.1. The van der Waals surface area contributed by atoms with E-state index in [2.05, 4.69) is 10.4 Å². The number of esters is 1. The lowest BCUT2D eigenvalue weighted by molar-refractivity contribution is -0.123. The lowest BCUT2D eigenvalue weighted by Gasteiger charge is -2.15. The van der Waals surface area contributed by atoms with Crippen molar-refractivity contribution in [2.75, 3.05) is 19.5 Å². The average Bonchev–Trinajstić information content (AvgIpc) is 3.33. The molecule has 1 aromatic heterocycles. The number of amides is 1. The number of hydrogen-bond acceptors (Lipinski definition) is 6. The van der Waals surface area contributed by atoms with E-state index in [1.807, 2.05) is 48.5 Å². The first-order valence-corrected chi connectivity index (χ1v) is 11.4. The Balaban J connectivity index is 1.58. The Hall–Kier alpha value is -4.59. The van der Waals surface area contributed by atoms with Crippen LogP contribution in [0, 0.1) is 0 Å². The van der Waals surface area contributed by atoms with Crippen molar-refractivity contribution >= 4 is 17.6 Å². The van der Waals surface area contributed by atoms with Gasteiger partial charge < -0.3 is 19.5 Å². The Kier molecular flexibility index (Phi) is 7.65. The fourth-order valence-corrected chi connectivity index (χ4v) is 3.67. The molecule has 4 aromatic rings. The molecule has 36 heavy (non-hydrogen) atoms. The van der Waals surface area contributed by atoms with E-state index in [4.69, 9.17) is 14.2 Å². The number of anilines is 1. The van der Waals surface area contributed by atoms with E-state index in [0.29, 0.717) is 35.0 Å². The molecule has 1 N–H and O–H groups in total. The van der Waals surface area contributed by atoms with E-state index in [9.17, 15) is 9.59 Å². The third-order valence-corrected chi connectivity index (χ3v) is 5.53. The van der Waals surface area contributed by atoms with Gasteiger partial charge in [0.15, 0.2) is 6.10 Å². The molecule has 0 radical (unpaired) electrons. The first kappa shape index (κ1) is 24.5. The predicted octanol–water partition coefficient (Wildman–Crippen LogP) is 4.80. The molecule has 1 heterocycles. The van der Waals surface area contributed by atoms with Crippen molar-refractivity contribution in [1.29, 1.82) is 0 Å². The summed E-state index contributed by atoms with van der Waals surface area (Å²) in [5.74, 6) is 0.00289. The molecule has 3 aromatic carbocycles. The minimum absolute atomic E-state index is 0.246. The Morgan fingerprint density at radius 3 is 2.44 bits per heavy atom. The SMILES string of the molecule is COc1cccc(-c2nn(Cc3ccccc3)cc2C(=O)OC(C)C(=O)Nc2ccccc2OC)c1. The highest BCUT2D eigenvalue weighted by molar-refractivity contribution is 6.00. The second-order valence-corrected chi connectivity index (χ2v) is 8.04. The van der Waals surface area contributed by atoms with Gasteiger partial charge in [-0.15, -0.1) is 0 Å². The molecule has 1 amide bonds. The van der Waals surface area contributed by atoms with Gasteiger partial charge >= 0.3 is 5.97 Å². The van der Waals surface area contributed by atoms with Crippen LogP contribution >= 0.6 is 0 Å². The summed E-state index contributed by atoms with van der Waals surface area (Å²) in [5.41, 5.74) is 2.89. The summed E-state index contributed by atoms with van der Waals surface area (Å²) >= 11 is 0. The van der Waals surface area contributed by atoms with Gasteiger partial charge in [0.2, 0.25) is 0 Å². The van der Waals surface area contributed by atoms with E-state index in [1.54, 1.807) is 48.3 Å². The number of carbonyl (C=O) groups is 2. The summed E-state index contributed by atoms with van der Waals surface area (Å²) < 4.78 is 17.8. The third-order valence-electron chi connectivity index (χ3n) is 5.53. The van der Waals surface area contributed by atoms with Crippen LogP contribution in [-0.2, 0) is 16.1 Å². The van der Waals surface area contributed by atoms with E-state index in [-0.39, 0.29) is 5.56 Å². The number of nitrogens with one attached hydrogen (secondary N) is 1. The van der Waals surface area contributed by atoms with Crippen molar-refractivity contribution in [2.24, 2.45) is 0 Å². The van der Waals surface area contributed by atoms with Crippen molar-refractivity contribution in [3.8, 4) is 22.8 Å². The van der Waals surface area contributed by atoms with E-state index in [1.165, 1.54) is 14.0 Å². The Labute approximate surface area is 209 Å². The zero-order valence-electron chi connectivity index (χ0n) is 20.3. The minimum Gasteiger partial charge on any atom is -0.497 e. The van der Waals surface area contributed by atoms with Crippen LogP contribution in [-0.4, -0.2) is 42.0 Å². The molecule has 0 spiro atoms. The van der Waals surface area contributed by atoms with Crippen LogP contribution in [0.4, 0.5) is 5.69 Å². The minimum atomic E-state index is -1.06. The number of rotatable bonds is 9. The first-order valence-electron chi connectivity index (χ1n) is 11.4. The molecule has 1 atom stereocenters. The Bertz CT molecular complexity index is 1350. The molecule has 0 saturated carbocycles. The smallest absolute Gasteiger partial charge is 0.342 e. The second-order valence-electron chi connectivity index (χ2n) is 8.04. The van der Waals surface area contributed by atoms with E-state index < -0.39 is 18.0 Å². The summed E-state index contributed by atoms with van der Waals surface area (Å²) in [4.78, 5) is 26.0. The van der Waals surface area contributed by atoms with Crippen LogP contribution in [0.5, 0.6) is 11.5 Å².